The topological polar surface area (TPSA) is 38.3 Å². The van der Waals surface area contributed by atoms with Gasteiger partial charge in [0.1, 0.15) is 5.75 Å². The van der Waals surface area contributed by atoms with E-state index in [0.717, 1.165) is 16.8 Å². The number of halogens is 3. The van der Waals surface area contributed by atoms with Crippen LogP contribution in [0.5, 0.6) is 5.75 Å². The Morgan fingerprint density at radius 2 is 1.70 bits per heavy atom. The molecular formula is C17H16Cl3NO2. The molecule has 0 unspecified atom stereocenters. The number of amides is 1. The van der Waals surface area contributed by atoms with E-state index < -0.39 is 6.10 Å². The molecule has 122 valence electrons. The molecular weight excluding hydrogens is 357 g/mol. The molecule has 1 atom stereocenters. The normalized spacial score (nSPS) is 11.9. The third-order valence-corrected chi connectivity index (χ3v) is 4.32. The highest BCUT2D eigenvalue weighted by molar-refractivity contribution is 6.43. The molecule has 0 saturated carbocycles. The van der Waals surface area contributed by atoms with Crippen molar-refractivity contribution in [2.45, 2.75) is 26.9 Å². The van der Waals surface area contributed by atoms with Gasteiger partial charge in [-0.25, -0.2) is 0 Å². The second-order valence-electron chi connectivity index (χ2n) is 5.26. The van der Waals surface area contributed by atoms with Crippen molar-refractivity contribution in [1.82, 2.24) is 0 Å². The van der Waals surface area contributed by atoms with E-state index >= 15 is 0 Å². The zero-order chi connectivity index (χ0) is 17.1. The van der Waals surface area contributed by atoms with Crippen LogP contribution in [0.2, 0.25) is 15.1 Å². The fourth-order valence-corrected chi connectivity index (χ4v) is 2.52. The Bertz CT molecular complexity index is 747. The van der Waals surface area contributed by atoms with Gasteiger partial charge < -0.3 is 10.1 Å². The van der Waals surface area contributed by atoms with Crippen molar-refractivity contribution in [3.8, 4) is 5.75 Å². The molecule has 2 aromatic carbocycles. The molecule has 0 saturated heterocycles. The fraction of sp³-hybridized carbons (Fsp3) is 0.235. The third-order valence-electron chi connectivity index (χ3n) is 3.30. The van der Waals surface area contributed by atoms with Crippen LogP contribution in [0.15, 0.2) is 30.3 Å². The highest BCUT2D eigenvalue weighted by atomic mass is 35.5. The van der Waals surface area contributed by atoms with E-state index in [2.05, 4.69) is 5.32 Å². The molecule has 6 heteroatoms. The van der Waals surface area contributed by atoms with Crippen LogP contribution >= 0.6 is 34.8 Å². The summed E-state index contributed by atoms with van der Waals surface area (Å²) in [5.41, 5.74) is 2.79. The minimum Gasteiger partial charge on any atom is -0.479 e. The zero-order valence-corrected chi connectivity index (χ0v) is 15.2. The summed E-state index contributed by atoms with van der Waals surface area (Å²) in [4.78, 5) is 12.3. The number of carbonyl (C=O) groups excluding carboxylic acids is 1. The monoisotopic (exact) mass is 371 g/mol. The number of aryl methyl sites for hydroxylation is 2. The standard InChI is InChI=1S/C17H16Cl3NO2/c1-9-4-5-10(2)15(6-9)21-17(22)11(3)23-16-8-13(19)12(18)7-14(16)20/h4-8,11H,1-3H3,(H,21,22)/t11-/m0/s1. The molecule has 0 aliphatic carbocycles. The molecule has 2 rings (SSSR count). The Kier molecular flexibility index (Phi) is 5.79. The first-order chi connectivity index (χ1) is 10.8. The lowest BCUT2D eigenvalue weighted by Crippen LogP contribution is -2.30. The lowest BCUT2D eigenvalue weighted by molar-refractivity contribution is -0.122. The van der Waals surface area contributed by atoms with E-state index in [1.807, 2.05) is 32.0 Å². The van der Waals surface area contributed by atoms with E-state index in [9.17, 15) is 4.79 Å². The van der Waals surface area contributed by atoms with Gasteiger partial charge in [0.05, 0.1) is 15.1 Å². The molecule has 0 bridgehead atoms. The summed E-state index contributed by atoms with van der Waals surface area (Å²) in [7, 11) is 0. The number of nitrogens with one attached hydrogen (secondary N) is 1. The van der Waals surface area contributed by atoms with Gasteiger partial charge in [-0.05, 0) is 44.0 Å². The first-order valence-electron chi connectivity index (χ1n) is 6.97. The van der Waals surface area contributed by atoms with Crippen LogP contribution in [0.25, 0.3) is 0 Å². The van der Waals surface area contributed by atoms with Gasteiger partial charge in [-0.15, -0.1) is 0 Å². The Hall–Kier alpha value is -1.42. The summed E-state index contributed by atoms with van der Waals surface area (Å²) in [5, 5.41) is 3.79. The van der Waals surface area contributed by atoms with E-state index in [4.69, 9.17) is 39.5 Å². The largest absolute Gasteiger partial charge is 0.479 e. The first-order valence-corrected chi connectivity index (χ1v) is 8.10. The quantitative estimate of drug-likeness (QED) is 0.702. The molecule has 0 fully saturated rings. The molecule has 3 nitrogen and oxygen atoms in total. The van der Waals surface area contributed by atoms with Gasteiger partial charge >= 0.3 is 0 Å². The second-order valence-corrected chi connectivity index (χ2v) is 6.49. The Labute approximate surface area is 150 Å². The van der Waals surface area contributed by atoms with Crippen LogP contribution in [-0.4, -0.2) is 12.0 Å². The fourth-order valence-electron chi connectivity index (χ4n) is 1.94. The van der Waals surface area contributed by atoms with Gasteiger partial charge in [0, 0.05) is 11.8 Å². The molecule has 0 heterocycles. The summed E-state index contributed by atoms with van der Waals surface area (Å²) >= 11 is 17.9. The summed E-state index contributed by atoms with van der Waals surface area (Å²) in [6.45, 7) is 5.53. The molecule has 0 radical (unpaired) electrons. The van der Waals surface area contributed by atoms with E-state index in [-0.39, 0.29) is 5.91 Å². The molecule has 1 amide bonds. The van der Waals surface area contributed by atoms with Gasteiger partial charge in [-0.3, -0.25) is 4.79 Å². The van der Waals surface area contributed by atoms with Crippen LogP contribution in [0.4, 0.5) is 5.69 Å². The Morgan fingerprint density at radius 3 is 2.39 bits per heavy atom. The first kappa shape index (κ1) is 17.9. The van der Waals surface area contributed by atoms with E-state index in [1.54, 1.807) is 6.92 Å². The van der Waals surface area contributed by atoms with Gasteiger partial charge in [0.15, 0.2) is 6.10 Å². The van der Waals surface area contributed by atoms with E-state index in [1.165, 1.54) is 12.1 Å². The van der Waals surface area contributed by atoms with Gasteiger partial charge in [0.2, 0.25) is 0 Å². The van der Waals surface area contributed by atoms with Gasteiger partial charge in [0.25, 0.3) is 5.91 Å². The van der Waals surface area contributed by atoms with Crippen LogP contribution in [-0.2, 0) is 4.79 Å². The minimum atomic E-state index is -0.746. The number of anilines is 1. The maximum atomic E-state index is 12.3. The Balaban J connectivity index is 2.11. The molecule has 0 aliphatic heterocycles. The number of carbonyl (C=O) groups is 1. The van der Waals surface area contributed by atoms with Crippen molar-refractivity contribution < 1.29 is 9.53 Å². The van der Waals surface area contributed by atoms with Crippen molar-refractivity contribution in [1.29, 1.82) is 0 Å². The lowest BCUT2D eigenvalue weighted by Gasteiger charge is -2.17. The van der Waals surface area contributed by atoms with Crippen molar-refractivity contribution in [3.05, 3.63) is 56.5 Å². The van der Waals surface area contributed by atoms with Crippen molar-refractivity contribution in [2.75, 3.05) is 5.32 Å². The maximum Gasteiger partial charge on any atom is 0.265 e. The Morgan fingerprint density at radius 1 is 1.04 bits per heavy atom. The third kappa shape index (κ3) is 4.54. The molecule has 1 N–H and O–H groups in total. The average Bonchev–Trinajstić information content (AvgIpc) is 2.48. The zero-order valence-electron chi connectivity index (χ0n) is 12.9. The number of ether oxygens (including phenoxy) is 1. The minimum absolute atomic E-state index is 0.277. The number of hydrogen-bond acceptors (Lipinski definition) is 2. The molecule has 0 aromatic heterocycles. The highest BCUT2D eigenvalue weighted by Crippen LogP contribution is 2.34. The maximum absolute atomic E-state index is 12.3. The molecule has 0 spiro atoms. The number of hydrogen-bond donors (Lipinski definition) is 1. The number of rotatable bonds is 4. The van der Waals surface area contributed by atoms with E-state index in [0.29, 0.717) is 20.8 Å². The molecule has 0 aliphatic rings. The van der Waals surface area contributed by atoms with Gasteiger partial charge in [-0.1, -0.05) is 46.9 Å². The van der Waals surface area contributed by atoms with Crippen LogP contribution in [0, 0.1) is 13.8 Å². The van der Waals surface area contributed by atoms with Crippen LogP contribution in [0.1, 0.15) is 18.1 Å². The average molecular weight is 373 g/mol. The molecule has 23 heavy (non-hydrogen) atoms. The predicted molar refractivity (Wildman–Crippen MR) is 96.1 cm³/mol. The van der Waals surface area contributed by atoms with Crippen molar-refractivity contribution >= 4 is 46.4 Å². The summed E-state index contributed by atoms with van der Waals surface area (Å²) in [5.74, 6) is 0.0329. The predicted octanol–water partition coefficient (Wildman–Crippen LogP) is 5.67. The van der Waals surface area contributed by atoms with Crippen LogP contribution in [0.3, 0.4) is 0 Å². The summed E-state index contributed by atoms with van der Waals surface area (Å²) in [6, 6.07) is 8.82. The number of benzene rings is 2. The SMILES string of the molecule is Cc1ccc(C)c(NC(=O)[C@H](C)Oc2cc(Cl)c(Cl)cc2Cl)c1. The highest BCUT2D eigenvalue weighted by Gasteiger charge is 2.18. The molecule has 2 aromatic rings. The summed E-state index contributed by atoms with van der Waals surface area (Å²) in [6.07, 6.45) is -0.746. The second kappa shape index (κ2) is 7.43. The lowest BCUT2D eigenvalue weighted by atomic mass is 10.1. The van der Waals surface area contributed by atoms with Crippen molar-refractivity contribution in [3.63, 3.8) is 0 Å². The smallest absolute Gasteiger partial charge is 0.265 e. The summed E-state index contributed by atoms with van der Waals surface area (Å²) < 4.78 is 5.60. The van der Waals surface area contributed by atoms with Crippen LogP contribution < -0.4 is 10.1 Å². The van der Waals surface area contributed by atoms with Gasteiger partial charge in [-0.2, -0.15) is 0 Å². The van der Waals surface area contributed by atoms with Crippen molar-refractivity contribution in [2.24, 2.45) is 0 Å².